The van der Waals surface area contributed by atoms with Crippen molar-refractivity contribution in [2.75, 3.05) is 6.26 Å². The summed E-state index contributed by atoms with van der Waals surface area (Å²) in [5.41, 5.74) is 1.95. The van der Waals surface area contributed by atoms with Gasteiger partial charge in [0.25, 0.3) is 0 Å². The van der Waals surface area contributed by atoms with Crippen LogP contribution in [-0.2, 0) is 16.4 Å². The molecule has 0 saturated carbocycles. The van der Waals surface area contributed by atoms with Crippen molar-refractivity contribution in [2.24, 2.45) is 5.84 Å². The molecule has 0 aliphatic rings. The molecule has 0 aliphatic carbocycles. The van der Waals surface area contributed by atoms with E-state index in [1.165, 1.54) is 18.2 Å². The molecule has 0 aliphatic heterocycles. The number of rotatable bonds is 5. The number of nitrogens with two attached hydrogens (primary N) is 1. The Morgan fingerprint density at radius 3 is 2.76 bits per heavy atom. The standard InChI is InChI=1S/C13H14N2O5S/c1-21(17,18)11-4-2-3-9(7-11)19-8-10-5-6-12(20-10)13(16)15-14/h2-7H,8,14H2,1H3,(H,15,16). The van der Waals surface area contributed by atoms with Crippen molar-refractivity contribution in [3.63, 3.8) is 0 Å². The summed E-state index contributed by atoms with van der Waals surface area (Å²) >= 11 is 0. The van der Waals surface area contributed by atoms with Gasteiger partial charge in [0.05, 0.1) is 4.90 Å². The second-order valence-corrected chi connectivity index (χ2v) is 6.29. The number of sulfone groups is 1. The molecule has 0 radical (unpaired) electrons. The summed E-state index contributed by atoms with van der Waals surface area (Å²) in [4.78, 5) is 11.4. The van der Waals surface area contributed by atoms with Gasteiger partial charge >= 0.3 is 5.91 Å². The van der Waals surface area contributed by atoms with Crippen molar-refractivity contribution in [2.45, 2.75) is 11.5 Å². The van der Waals surface area contributed by atoms with Crippen molar-refractivity contribution < 1.29 is 22.4 Å². The summed E-state index contributed by atoms with van der Waals surface area (Å²) in [6.45, 7) is 0.0606. The van der Waals surface area contributed by atoms with E-state index in [9.17, 15) is 13.2 Å². The molecule has 0 bridgehead atoms. The van der Waals surface area contributed by atoms with E-state index in [0.29, 0.717) is 11.5 Å². The highest BCUT2D eigenvalue weighted by Crippen LogP contribution is 2.19. The maximum absolute atomic E-state index is 11.4. The zero-order chi connectivity index (χ0) is 15.5. The average Bonchev–Trinajstić information content (AvgIpc) is 2.92. The molecular formula is C13H14N2O5S. The third-order valence-electron chi connectivity index (χ3n) is 2.63. The van der Waals surface area contributed by atoms with Crippen LogP contribution in [0.15, 0.2) is 45.7 Å². The van der Waals surface area contributed by atoms with Crippen molar-refractivity contribution in [3.05, 3.63) is 47.9 Å². The van der Waals surface area contributed by atoms with Crippen LogP contribution in [0.25, 0.3) is 0 Å². The molecule has 1 aromatic carbocycles. The molecule has 0 fully saturated rings. The molecule has 0 unspecified atom stereocenters. The summed E-state index contributed by atoms with van der Waals surface area (Å²) in [5, 5.41) is 0. The zero-order valence-electron chi connectivity index (χ0n) is 11.2. The number of hydrazine groups is 1. The third-order valence-corrected chi connectivity index (χ3v) is 3.74. The summed E-state index contributed by atoms with van der Waals surface area (Å²) in [6, 6.07) is 9.16. The van der Waals surface area contributed by atoms with Gasteiger partial charge < -0.3 is 9.15 Å². The maximum atomic E-state index is 11.4. The van der Waals surface area contributed by atoms with Crippen LogP contribution in [0.5, 0.6) is 5.75 Å². The first-order valence-electron chi connectivity index (χ1n) is 5.93. The quantitative estimate of drug-likeness (QED) is 0.481. The van der Waals surface area contributed by atoms with Gasteiger partial charge in [-0.25, -0.2) is 14.3 Å². The molecule has 112 valence electrons. The highest BCUT2D eigenvalue weighted by atomic mass is 32.2. The Hall–Kier alpha value is -2.32. The lowest BCUT2D eigenvalue weighted by atomic mass is 10.3. The fraction of sp³-hybridized carbons (Fsp3) is 0.154. The van der Waals surface area contributed by atoms with Gasteiger partial charge in [0, 0.05) is 6.26 Å². The van der Waals surface area contributed by atoms with Gasteiger partial charge in [0.2, 0.25) is 0 Å². The Bertz CT molecular complexity index is 751. The Kier molecular flexibility index (Phi) is 4.29. The van der Waals surface area contributed by atoms with Gasteiger partial charge in [-0.05, 0) is 30.3 Å². The second-order valence-electron chi connectivity index (χ2n) is 4.28. The molecule has 1 heterocycles. The minimum absolute atomic E-state index is 0.0606. The predicted octanol–water partition coefficient (Wildman–Crippen LogP) is 0.866. The number of hydrogen-bond acceptors (Lipinski definition) is 6. The Labute approximate surface area is 121 Å². The van der Waals surface area contributed by atoms with Crippen molar-refractivity contribution >= 4 is 15.7 Å². The first-order valence-corrected chi connectivity index (χ1v) is 7.82. The smallest absolute Gasteiger partial charge is 0.300 e. The van der Waals surface area contributed by atoms with E-state index >= 15 is 0 Å². The minimum Gasteiger partial charge on any atom is -0.486 e. The molecular weight excluding hydrogens is 296 g/mol. The van der Waals surface area contributed by atoms with Crippen LogP contribution >= 0.6 is 0 Å². The molecule has 8 heteroatoms. The highest BCUT2D eigenvalue weighted by Gasteiger charge is 2.11. The number of carbonyl (C=O) groups excluding carboxylic acids is 1. The van der Waals surface area contributed by atoms with Gasteiger partial charge in [-0.1, -0.05) is 6.07 Å². The first kappa shape index (κ1) is 15.1. The SMILES string of the molecule is CS(=O)(=O)c1cccc(OCc2ccc(C(=O)NN)o2)c1. The van der Waals surface area contributed by atoms with E-state index in [-0.39, 0.29) is 17.3 Å². The lowest BCUT2D eigenvalue weighted by Crippen LogP contribution is -2.29. The topological polar surface area (TPSA) is 112 Å². The fourth-order valence-corrected chi connectivity index (χ4v) is 2.25. The predicted molar refractivity (Wildman–Crippen MR) is 74.2 cm³/mol. The normalized spacial score (nSPS) is 11.1. The van der Waals surface area contributed by atoms with Gasteiger partial charge in [-0.15, -0.1) is 0 Å². The number of amides is 1. The number of carbonyl (C=O) groups is 1. The summed E-state index contributed by atoms with van der Waals surface area (Å²) in [6.07, 6.45) is 1.12. The minimum atomic E-state index is -3.29. The van der Waals surface area contributed by atoms with E-state index in [1.807, 2.05) is 5.43 Å². The monoisotopic (exact) mass is 310 g/mol. The molecule has 7 nitrogen and oxygen atoms in total. The lowest BCUT2D eigenvalue weighted by Gasteiger charge is -2.05. The van der Waals surface area contributed by atoms with Gasteiger partial charge in [0.15, 0.2) is 15.6 Å². The molecule has 0 atom stereocenters. The summed E-state index contributed by atoms with van der Waals surface area (Å²) in [5.74, 6) is 5.32. The van der Waals surface area contributed by atoms with Crippen LogP contribution in [-0.4, -0.2) is 20.6 Å². The van der Waals surface area contributed by atoms with Crippen molar-refractivity contribution in [3.8, 4) is 5.75 Å². The molecule has 21 heavy (non-hydrogen) atoms. The number of ether oxygens (including phenoxy) is 1. The van der Waals surface area contributed by atoms with E-state index in [4.69, 9.17) is 15.0 Å². The molecule has 1 aromatic heterocycles. The molecule has 0 spiro atoms. The van der Waals surface area contributed by atoms with Crippen LogP contribution in [0, 0.1) is 0 Å². The number of nitrogens with one attached hydrogen (secondary N) is 1. The number of hydrogen-bond donors (Lipinski definition) is 2. The number of furan rings is 1. The van der Waals surface area contributed by atoms with Crippen LogP contribution in [0.4, 0.5) is 0 Å². The summed E-state index contributed by atoms with van der Waals surface area (Å²) < 4.78 is 33.5. The van der Waals surface area contributed by atoms with Gasteiger partial charge in [-0.2, -0.15) is 0 Å². The lowest BCUT2D eigenvalue weighted by molar-refractivity contribution is 0.0922. The zero-order valence-corrected chi connectivity index (χ0v) is 12.0. The number of benzene rings is 1. The van der Waals surface area contributed by atoms with E-state index in [0.717, 1.165) is 6.26 Å². The van der Waals surface area contributed by atoms with Crippen LogP contribution in [0.1, 0.15) is 16.3 Å². The molecule has 2 aromatic rings. The largest absolute Gasteiger partial charge is 0.486 e. The van der Waals surface area contributed by atoms with Crippen LogP contribution in [0.3, 0.4) is 0 Å². The first-order chi connectivity index (χ1) is 9.90. The maximum Gasteiger partial charge on any atom is 0.300 e. The average molecular weight is 310 g/mol. The van der Waals surface area contributed by atoms with Crippen molar-refractivity contribution in [1.29, 1.82) is 0 Å². The third kappa shape index (κ3) is 3.83. The van der Waals surface area contributed by atoms with Crippen LogP contribution in [0.2, 0.25) is 0 Å². The molecule has 0 saturated heterocycles. The molecule has 1 amide bonds. The van der Waals surface area contributed by atoms with E-state index in [2.05, 4.69) is 0 Å². The fourth-order valence-electron chi connectivity index (χ4n) is 1.60. The summed E-state index contributed by atoms with van der Waals surface area (Å²) in [7, 11) is -3.29. The highest BCUT2D eigenvalue weighted by molar-refractivity contribution is 7.90. The molecule has 3 N–H and O–H groups in total. The Morgan fingerprint density at radius 2 is 2.10 bits per heavy atom. The van der Waals surface area contributed by atoms with Gasteiger partial charge in [0.1, 0.15) is 18.1 Å². The number of nitrogen functional groups attached to an aromatic ring is 1. The Balaban J connectivity index is 2.07. The Morgan fingerprint density at radius 1 is 1.33 bits per heavy atom. The van der Waals surface area contributed by atoms with E-state index in [1.54, 1.807) is 18.2 Å². The van der Waals surface area contributed by atoms with Gasteiger partial charge in [-0.3, -0.25) is 10.2 Å². The molecule has 2 rings (SSSR count). The van der Waals surface area contributed by atoms with Crippen LogP contribution < -0.4 is 16.0 Å². The van der Waals surface area contributed by atoms with Crippen molar-refractivity contribution in [1.82, 2.24) is 5.43 Å². The second kappa shape index (κ2) is 5.98. The van der Waals surface area contributed by atoms with E-state index < -0.39 is 15.7 Å².